The van der Waals surface area contributed by atoms with Crippen molar-refractivity contribution in [1.82, 2.24) is 15.1 Å². The molecule has 0 saturated heterocycles. The van der Waals surface area contributed by atoms with Crippen LogP contribution in [0.1, 0.15) is 47.8 Å². The molecule has 0 aliphatic heterocycles. The summed E-state index contributed by atoms with van der Waals surface area (Å²) in [6.07, 6.45) is 6.13. The molecule has 2 aromatic rings. The monoisotopic (exact) mass is 370 g/mol. The SMILES string of the molecule is O=C(O)CNC(=O)Cc1ccc(NC(=O)c2ccnn2C2CCCC2)cc1. The van der Waals surface area contributed by atoms with Crippen LogP contribution in [-0.4, -0.2) is 39.2 Å². The Morgan fingerprint density at radius 1 is 1.11 bits per heavy atom. The normalized spacial score (nSPS) is 14.1. The predicted octanol–water partition coefficient (Wildman–Crippen LogP) is 1.99. The van der Waals surface area contributed by atoms with Gasteiger partial charge >= 0.3 is 5.97 Å². The van der Waals surface area contributed by atoms with Gasteiger partial charge in [0.1, 0.15) is 12.2 Å². The Bertz CT molecular complexity index is 822. The van der Waals surface area contributed by atoms with Crippen molar-refractivity contribution in [2.75, 3.05) is 11.9 Å². The quantitative estimate of drug-likeness (QED) is 0.690. The number of anilines is 1. The second-order valence-corrected chi connectivity index (χ2v) is 6.60. The lowest BCUT2D eigenvalue weighted by Gasteiger charge is -2.14. The van der Waals surface area contributed by atoms with Gasteiger partial charge in [0, 0.05) is 11.9 Å². The number of nitrogens with one attached hydrogen (secondary N) is 2. The van der Waals surface area contributed by atoms with Crippen LogP contribution in [0.15, 0.2) is 36.5 Å². The van der Waals surface area contributed by atoms with Gasteiger partial charge in [-0.15, -0.1) is 0 Å². The zero-order valence-corrected chi connectivity index (χ0v) is 14.9. The second-order valence-electron chi connectivity index (χ2n) is 6.60. The number of hydrogen-bond donors (Lipinski definition) is 3. The van der Waals surface area contributed by atoms with E-state index in [9.17, 15) is 14.4 Å². The van der Waals surface area contributed by atoms with Crippen LogP contribution < -0.4 is 10.6 Å². The molecule has 3 N–H and O–H groups in total. The zero-order valence-electron chi connectivity index (χ0n) is 14.9. The summed E-state index contributed by atoms with van der Waals surface area (Å²) in [5.74, 6) is -1.67. The third kappa shape index (κ3) is 4.93. The van der Waals surface area contributed by atoms with Gasteiger partial charge in [-0.25, -0.2) is 0 Å². The average Bonchev–Trinajstić information content (AvgIpc) is 3.32. The highest BCUT2D eigenvalue weighted by Crippen LogP contribution is 2.30. The highest BCUT2D eigenvalue weighted by Gasteiger charge is 2.22. The van der Waals surface area contributed by atoms with E-state index >= 15 is 0 Å². The standard InChI is InChI=1S/C19H22N4O4/c24-17(20-12-18(25)26)11-13-5-7-14(8-6-13)22-19(27)16-9-10-21-23(16)15-3-1-2-4-15/h5-10,15H,1-4,11-12H2,(H,20,24)(H,22,27)(H,25,26). The van der Waals surface area contributed by atoms with Crippen LogP contribution in [0, 0.1) is 0 Å². The van der Waals surface area contributed by atoms with Gasteiger partial charge in [0.05, 0.1) is 12.5 Å². The van der Waals surface area contributed by atoms with E-state index in [-0.39, 0.29) is 24.3 Å². The summed E-state index contributed by atoms with van der Waals surface area (Å²) in [5, 5.41) is 18.0. The fourth-order valence-electron chi connectivity index (χ4n) is 3.26. The van der Waals surface area contributed by atoms with Crippen molar-refractivity contribution in [2.45, 2.75) is 38.1 Å². The van der Waals surface area contributed by atoms with E-state index in [0.717, 1.165) is 31.2 Å². The molecule has 27 heavy (non-hydrogen) atoms. The molecule has 0 spiro atoms. The minimum Gasteiger partial charge on any atom is -0.480 e. The Kier molecular flexibility index (Phi) is 5.85. The number of rotatable bonds is 7. The molecule has 142 valence electrons. The molecule has 0 atom stereocenters. The van der Waals surface area contributed by atoms with Gasteiger partial charge < -0.3 is 15.7 Å². The zero-order chi connectivity index (χ0) is 19.2. The van der Waals surface area contributed by atoms with Crippen molar-refractivity contribution in [1.29, 1.82) is 0 Å². The Morgan fingerprint density at radius 2 is 1.81 bits per heavy atom. The molecule has 8 nitrogen and oxygen atoms in total. The number of aliphatic carboxylic acids is 1. The van der Waals surface area contributed by atoms with Gasteiger partial charge in [-0.3, -0.25) is 19.1 Å². The van der Waals surface area contributed by atoms with E-state index in [1.54, 1.807) is 36.5 Å². The molecule has 1 saturated carbocycles. The first kappa shape index (κ1) is 18.6. The summed E-state index contributed by atoms with van der Waals surface area (Å²) < 4.78 is 1.81. The van der Waals surface area contributed by atoms with Crippen molar-refractivity contribution in [3.05, 3.63) is 47.8 Å². The highest BCUT2D eigenvalue weighted by molar-refractivity contribution is 6.03. The van der Waals surface area contributed by atoms with Crippen LogP contribution in [0.4, 0.5) is 5.69 Å². The van der Waals surface area contributed by atoms with Crippen molar-refractivity contribution in [3.8, 4) is 0 Å². The fraction of sp³-hybridized carbons (Fsp3) is 0.368. The Morgan fingerprint density at radius 3 is 2.48 bits per heavy atom. The maximum Gasteiger partial charge on any atom is 0.322 e. The Hall–Kier alpha value is -3.16. The van der Waals surface area contributed by atoms with E-state index in [1.165, 1.54) is 0 Å². The number of carbonyl (C=O) groups is 3. The summed E-state index contributed by atoms with van der Waals surface area (Å²) in [5.41, 5.74) is 1.89. The summed E-state index contributed by atoms with van der Waals surface area (Å²) in [4.78, 5) is 34.7. The van der Waals surface area contributed by atoms with Crippen LogP contribution in [0.5, 0.6) is 0 Å². The largest absolute Gasteiger partial charge is 0.480 e. The first-order chi connectivity index (χ1) is 13.0. The molecule has 1 heterocycles. The minimum absolute atomic E-state index is 0.0793. The molecule has 1 aliphatic rings. The molecule has 1 fully saturated rings. The topological polar surface area (TPSA) is 113 Å². The first-order valence-corrected chi connectivity index (χ1v) is 8.95. The molecule has 1 aromatic heterocycles. The number of carbonyl (C=O) groups excluding carboxylic acids is 2. The molecule has 2 amide bonds. The van der Waals surface area contributed by atoms with E-state index in [1.807, 2.05) is 4.68 Å². The summed E-state index contributed by atoms with van der Waals surface area (Å²) in [6, 6.07) is 8.89. The lowest BCUT2D eigenvalue weighted by atomic mass is 10.1. The van der Waals surface area contributed by atoms with Gasteiger partial charge in [-0.2, -0.15) is 5.10 Å². The smallest absolute Gasteiger partial charge is 0.322 e. The molecule has 3 rings (SSSR count). The van der Waals surface area contributed by atoms with Crippen molar-refractivity contribution in [3.63, 3.8) is 0 Å². The number of carboxylic acid groups (broad SMARTS) is 1. The summed E-state index contributed by atoms with van der Waals surface area (Å²) in [6.45, 7) is -0.401. The average molecular weight is 370 g/mol. The van der Waals surface area contributed by atoms with Gasteiger partial charge in [0.25, 0.3) is 5.91 Å². The minimum atomic E-state index is -1.08. The number of aromatic nitrogens is 2. The van der Waals surface area contributed by atoms with Gasteiger partial charge in [-0.05, 0) is 36.6 Å². The summed E-state index contributed by atoms with van der Waals surface area (Å²) >= 11 is 0. The lowest BCUT2D eigenvalue weighted by molar-refractivity contribution is -0.137. The Balaban J connectivity index is 1.58. The number of benzene rings is 1. The molecule has 0 radical (unpaired) electrons. The van der Waals surface area contributed by atoms with Crippen molar-refractivity contribution >= 4 is 23.5 Å². The van der Waals surface area contributed by atoms with Crippen LogP contribution in [0.3, 0.4) is 0 Å². The van der Waals surface area contributed by atoms with E-state index in [2.05, 4.69) is 15.7 Å². The Labute approximate surface area is 156 Å². The molecule has 1 aromatic carbocycles. The van der Waals surface area contributed by atoms with Crippen LogP contribution >= 0.6 is 0 Å². The number of nitrogens with zero attached hydrogens (tertiary/aromatic N) is 2. The van der Waals surface area contributed by atoms with Crippen molar-refractivity contribution in [2.24, 2.45) is 0 Å². The van der Waals surface area contributed by atoms with Crippen LogP contribution in [0.2, 0.25) is 0 Å². The maximum atomic E-state index is 12.6. The van der Waals surface area contributed by atoms with Gasteiger partial charge in [-0.1, -0.05) is 25.0 Å². The predicted molar refractivity (Wildman–Crippen MR) is 98.5 cm³/mol. The van der Waals surface area contributed by atoms with Crippen molar-refractivity contribution < 1.29 is 19.5 Å². The van der Waals surface area contributed by atoms with E-state index in [0.29, 0.717) is 11.4 Å². The third-order valence-corrected chi connectivity index (χ3v) is 4.59. The fourth-order valence-corrected chi connectivity index (χ4v) is 3.26. The molecule has 1 aliphatic carbocycles. The third-order valence-electron chi connectivity index (χ3n) is 4.59. The molecular weight excluding hydrogens is 348 g/mol. The number of amides is 2. The summed E-state index contributed by atoms with van der Waals surface area (Å²) in [7, 11) is 0. The molecule has 0 bridgehead atoms. The number of hydrogen-bond acceptors (Lipinski definition) is 4. The van der Waals surface area contributed by atoms with Crippen LogP contribution in [-0.2, 0) is 16.0 Å². The maximum absolute atomic E-state index is 12.6. The second kappa shape index (κ2) is 8.48. The van der Waals surface area contributed by atoms with Crippen LogP contribution in [0.25, 0.3) is 0 Å². The van der Waals surface area contributed by atoms with Gasteiger partial charge in [0.2, 0.25) is 5.91 Å². The molecule has 0 unspecified atom stereocenters. The first-order valence-electron chi connectivity index (χ1n) is 8.95. The number of carboxylic acids is 1. The molecule has 8 heteroatoms. The van der Waals surface area contributed by atoms with E-state index in [4.69, 9.17) is 5.11 Å². The highest BCUT2D eigenvalue weighted by atomic mass is 16.4. The van der Waals surface area contributed by atoms with E-state index < -0.39 is 12.5 Å². The lowest BCUT2D eigenvalue weighted by Crippen LogP contribution is -2.30. The van der Waals surface area contributed by atoms with Gasteiger partial charge in [0.15, 0.2) is 0 Å². The molecular formula is C19H22N4O4.